The minimum atomic E-state index is -0.257. The summed E-state index contributed by atoms with van der Waals surface area (Å²) in [4.78, 5) is 18.0. The summed E-state index contributed by atoms with van der Waals surface area (Å²) >= 11 is 0. The van der Waals surface area contributed by atoms with Crippen molar-refractivity contribution in [1.29, 1.82) is 0 Å². The topological polar surface area (TPSA) is 99.9 Å². The second-order valence-corrected chi connectivity index (χ2v) is 8.81. The quantitative estimate of drug-likeness (QED) is 0.590. The van der Waals surface area contributed by atoms with E-state index in [0.29, 0.717) is 25.1 Å². The molecule has 8 heteroatoms. The van der Waals surface area contributed by atoms with E-state index < -0.39 is 0 Å². The van der Waals surface area contributed by atoms with Gasteiger partial charge in [0, 0.05) is 30.8 Å². The lowest BCUT2D eigenvalue weighted by Gasteiger charge is -2.32. The summed E-state index contributed by atoms with van der Waals surface area (Å²) in [6, 6.07) is 7.89. The summed E-state index contributed by atoms with van der Waals surface area (Å²) < 4.78 is 1.85. The third kappa shape index (κ3) is 4.76. The first-order chi connectivity index (χ1) is 14.2. The molecule has 0 amide bonds. The first-order valence-electron chi connectivity index (χ1n) is 10.5. The predicted octanol–water partition coefficient (Wildman–Crippen LogP) is 2.91. The van der Waals surface area contributed by atoms with Gasteiger partial charge in [0.25, 0.3) is 5.56 Å². The molecule has 3 rings (SSSR count). The van der Waals surface area contributed by atoms with Crippen LogP contribution in [0.5, 0.6) is 0 Å². The highest BCUT2D eigenvalue weighted by Crippen LogP contribution is 2.27. The molecule has 2 N–H and O–H groups in total. The smallest absolute Gasteiger partial charge is 0.252 e. The standard InChI is InChI=1S/C22H32N6O2/c1-6-19(20-24-25-26-28(20)22(3,4)5)27(10-7-11-29)14-17-13-16-12-15(2)8-9-18(16)23-21(17)30/h8-9,12-13,19,29H,6-7,10-11,14H2,1-5H3,(H,23,30)/t19-/m1/s1. The van der Waals surface area contributed by atoms with Crippen LogP contribution in [-0.2, 0) is 12.1 Å². The Kier molecular flexibility index (Phi) is 6.67. The van der Waals surface area contributed by atoms with Crippen molar-refractivity contribution in [1.82, 2.24) is 30.1 Å². The van der Waals surface area contributed by atoms with Crippen molar-refractivity contribution in [3.63, 3.8) is 0 Å². The monoisotopic (exact) mass is 412 g/mol. The zero-order valence-electron chi connectivity index (χ0n) is 18.5. The van der Waals surface area contributed by atoms with Crippen LogP contribution in [0.25, 0.3) is 10.9 Å². The number of fused-ring (bicyclic) bond motifs is 1. The average Bonchev–Trinajstić information content (AvgIpc) is 3.17. The van der Waals surface area contributed by atoms with E-state index in [-0.39, 0.29) is 23.7 Å². The number of H-pyrrole nitrogens is 1. The lowest BCUT2D eigenvalue weighted by atomic mass is 10.1. The number of aliphatic hydroxyl groups is 1. The van der Waals surface area contributed by atoms with E-state index in [2.05, 4.69) is 59.2 Å². The second kappa shape index (κ2) is 9.06. The maximum atomic E-state index is 12.8. The highest BCUT2D eigenvalue weighted by atomic mass is 16.3. The van der Waals surface area contributed by atoms with Crippen LogP contribution in [0.1, 0.15) is 63.5 Å². The molecule has 0 saturated carbocycles. The van der Waals surface area contributed by atoms with Crippen LogP contribution >= 0.6 is 0 Å². The van der Waals surface area contributed by atoms with Crippen LogP contribution in [-0.4, -0.2) is 48.3 Å². The number of hydrogen-bond donors (Lipinski definition) is 2. The summed E-state index contributed by atoms with van der Waals surface area (Å²) in [6.07, 6.45) is 1.39. The van der Waals surface area contributed by atoms with Crippen molar-refractivity contribution in [3.8, 4) is 0 Å². The molecule has 8 nitrogen and oxygen atoms in total. The molecule has 2 heterocycles. The lowest BCUT2D eigenvalue weighted by molar-refractivity contribution is 0.146. The average molecular weight is 413 g/mol. The molecule has 0 bridgehead atoms. The number of aryl methyl sites for hydroxylation is 1. The molecule has 0 radical (unpaired) electrons. The van der Waals surface area contributed by atoms with Crippen molar-refractivity contribution in [2.45, 2.75) is 65.6 Å². The van der Waals surface area contributed by atoms with E-state index in [1.807, 2.05) is 29.8 Å². The predicted molar refractivity (Wildman–Crippen MR) is 117 cm³/mol. The van der Waals surface area contributed by atoms with E-state index in [1.54, 1.807) is 0 Å². The molecule has 0 saturated heterocycles. The Bertz CT molecular complexity index is 1050. The normalized spacial score (nSPS) is 13.3. The van der Waals surface area contributed by atoms with Gasteiger partial charge < -0.3 is 10.1 Å². The fraction of sp³-hybridized carbons (Fsp3) is 0.545. The number of aliphatic hydroxyl groups excluding tert-OH is 1. The number of pyridine rings is 1. The van der Waals surface area contributed by atoms with Crippen molar-refractivity contribution < 1.29 is 5.11 Å². The zero-order chi connectivity index (χ0) is 21.9. The SMILES string of the molecule is CC[C@H](c1nnnn1C(C)(C)C)N(CCCO)Cc1cc2cc(C)ccc2[nH]c1=O. The van der Waals surface area contributed by atoms with E-state index in [0.717, 1.165) is 28.7 Å². The van der Waals surface area contributed by atoms with Gasteiger partial charge in [-0.1, -0.05) is 18.6 Å². The minimum absolute atomic E-state index is 0.0709. The van der Waals surface area contributed by atoms with Gasteiger partial charge in [0.05, 0.1) is 11.6 Å². The number of rotatable bonds is 8. The van der Waals surface area contributed by atoms with Crippen molar-refractivity contribution in [2.24, 2.45) is 0 Å². The van der Waals surface area contributed by atoms with Crippen LogP contribution < -0.4 is 5.56 Å². The first kappa shape index (κ1) is 22.1. The van der Waals surface area contributed by atoms with Gasteiger partial charge in [-0.25, -0.2) is 4.68 Å². The lowest BCUT2D eigenvalue weighted by Crippen LogP contribution is -2.36. The van der Waals surface area contributed by atoms with Gasteiger partial charge >= 0.3 is 0 Å². The van der Waals surface area contributed by atoms with E-state index in [1.165, 1.54) is 0 Å². The molecule has 0 unspecified atom stereocenters. The molecule has 1 aromatic carbocycles. The molecule has 0 aliphatic rings. The van der Waals surface area contributed by atoms with E-state index >= 15 is 0 Å². The fourth-order valence-corrected chi connectivity index (χ4v) is 3.81. The van der Waals surface area contributed by atoms with Crippen LogP contribution in [0.2, 0.25) is 0 Å². The first-order valence-corrected chi connectivity index (χ1v) is 10.5. The van der Waals surface area contributed by atoms with Crippen molar-refractivity contribution in [3.05, 3.63) is 51.6 Å². The van der Waals surface area contributed by atoms with Crippen LogP contribution in [0.4, 0.5) is 0 Å². The minimum Gasteiger partial charge on any atom is -0.396 e. The number of tetrazole rings is 1. The number of hydrogen-bond acceptors (Lipinski definition) is 6. The summed E-state index contributed by atoms with van der Waals surface area (Å²) in [7, 11) is 0. The third-order valence-electron chi connectivity index (χ3n) is 5.31. The molecule has 30 heavy (non-hydrogen) atoms. The molecule has 0 aliphatic heterocycles. The maximum absolute atomic E-state index is 12.8. The summed E-state index contributed by atoms with van der Waals surface area (Å²) in [5, 5.41) is 22.9. The summed E-state index contributed by atoms with van der Waals surface area (Å²) in [5.41, 5.74) is 2.32. The molecular weight excluding hydrogens is 380 g/mol. The maximum Gasteiger partial charge on any atom is 0.252 e. The van der Waals surface area contributed by atoms with Gasteiger partial charge in [-0.2, -0.15) is 0 Å². The van der Waals surface area contributed by atoms with E-state index in [9.17, 15) is 9.90 Å². The van der Waals surface area contributed by atoms with Gasteiger partial charge in [0.1, 0.15) is 0 Å². The molecule has 0 aliphatic carbocycles. The number of nitrogens with zero attached hydrogens (tertiary/aromatic N) is 5. The Balaban J connectivity index is 2.00. The molecule has 162 valence electrons. The highest BCUT2D eigenvalue weighted by molar-refractivity contribution is 5.79. The van der Waals surface area contributed by atoms with Gasteiger partial charge in [-0.05, 0) is 74.5 Å². The molecular formula is C22H32N6O2. The van der Waals surface area contributed by atoms with E-state index in [4.69, 9.17) is 0 Å². The Morgan fingerprint density at radius 1 is 1.27 bits per heavy atom. The summed E-state index contributed by atoms with van der Waals surface area (Å²) in [5.74, 6) is 0.774. The molecule has 0 spiro atoms. The Labute approximate surface area is 176 Å². The Morgan fingerprint density at radius 2 is 2.03 bits per heavy atom. The largest absolute Gasteiger partial charge is 0.396 e. The van der Waals surface area contributed by atoms with Crippen LogP contribution in [0, 0.1) is 6.92 Å². The fourth-order valence-electron chi connectivity index (χ4n) is 3.81. The van der Waals surface area contributed by atoms with Crippen molar-refractivity contribution in [2.75, 3.05) is 13.2 Å². The zero-order valence-corrected chi connectivity index (χ0v) is 18.5. The van der Waals surface area contributed by atoms with Gasteiger partial charge in [-0.3, -0.25) is 9.69 Å². The van der Waals surface area contributed by atoms with Gasteiger partial charge in [0.15, 0.2) is 5.82 Å². The van der Waals surface area contributed by atoms with Crippen LogP contribution in [0.15, 0.2) is 29.1 Å². The Hall–Kier alpha value is -2.58. The Morgan fingerprint density at radius 3 is 2.70 bits per heavy atom. The number of benzene rings is 1. The molecule has 2 aromatic heterocycles. The highest BCUT2D eigenvalue weighted by Gasteiger charge is 2.29. The van der Waals surface area contributed by atoms with Crippen LogP contribution in [0.3, 0.4) is 0 Å². The molecule has 0 fully saturated rings. The molecule has 1 atom stereocenters. The number of nitrogens with one attached hydrogen (secondary N) is 1. The van der Waals surface area contributed by atoms with Crippen molar-refractivity contribution >= 4 is 10.9 Å². The molecule has 3 aromatic rings. The van der Waals surface area contributed by atoms with Gasteiger partial charge in [-0.15, -0.1) is 5.10 Å². The number of aromatic nitrogens is 5. The third-order valence-corrected chi connectivity index (χ3v) is 5.31. The summed E-state index contributed by atoms with van der Waals surface area (Å²) in [6.45, 7) is 11.5. The number of aromatic amines is 1. The van der Waals surface area contributed by atoms with Gasteiger partial charge in [0.2, 0.25) is 0 Å². The second-order valence-electron chi connectivity index (χ2n) is 8.81.